The molecule has 1 heterocycles. The molecule has 1 aromatic heterocycles. The third kappa shape index (κ3) is 2.92. The monoisotopic (exact) mass is 265 g/mol. The normalized spacial score (nSPS) is 10.8. The van der Waals surface area contributed by atoms with Crippen LogP contribution in [0.1, 0.15) is 12.0 Å². The molecule has 0 aliphatic heterocycles. The molecule has 0 aliphatic rings. The van der Waals surface area contributed by atoms with E-state index in [1.54, 1.807) is 13.3 Å². The summed E-state index contributed by atoms with van der Waals surface area (Å²) < 4.78 is 10.7. The Hall–Kier alpha value is -1.32. The summed E-state index contributed by atoms with van der Waals surface area (Å²) in [7, 11) is 1.68. The Morgan fingerprint density at radius 3 is 2.67 bits per heavy atom. The van der Waals surface area contributed by atoms with Crippen LogP contribution < -0.4 is 4.74 Å². The molecule has 0 saturated heterocycles. The fraction of sp³-hybridized carbons (Fsp3) is 0.357. The second kappa shape index (κ2) is 6.57. The third-order valence-electron chi connectivity index (χ3n) is 2.72. The van der Waals surface area contributed by atoms with Crippen LogP contribution >= 0.6 is 11.6 Å². The van der Waals surface area contributed by atoms with Gasteiger partial charge in [-0.1, -0.05) is 18.2 Å². The number of methoxy groups -OCH3 is 1. The second-order valence-corrected chi connectivity index (χ2v) is 4.23. The topological polar surface area (TPSA) is 31.4 Å². The summed E-state index contributed by atoms with van der Waals surface area (Å²) in [5, 5.41) is 2.11. The van der Waals surface area contributed by atoms with Crippen molar-refractivity contribution in [3.05, 3.63) is 36.0 Å². The smallest absolute Gasteiger partial charge is 0.221 e. The first-order chi connectivity index (χ1) is 8.86. The first-order valence-electron chi connectivity index (χ1n) is 5.91. The molecule has 3 nitrogen and oxygen atoms in total. The number of alkyl halides is 1. The summed E-state index contributed by atoms with van der Waals surface area (Å²) in [6.45, 7) is 1.29. The van der Waals surface area contributed by atoms with Gasteiger partial charge < -0.3 is 9.47 Å². The molecule has 0 unspecified atom stereocenters. The van der Waals surface area contributed by atoms with Crippen molar-refractivity contribution in [3.63, 3.8) is 0 Å². The van der Waals surface area contributed by atoms with Crippen LogP contribution in [0.2, 0.25) is 0 Å². The maximum absolute atomic E-state index is 5.91. The Kier molecular flexibility index (Phi) is 4.79. The van der Waals surface area contributed by atoms with E-state index in [4.69, 9.17) is 21.1 Å². The van der Waals surface area contributed by atoms with Crippen molar-refractivity contribution >= 4 is 22.4 Å². The highest BCUT2D eigenvalue weighted by Gasteiger charge is 2.07. The second-order valence-electron chi connectivity index (χ2n) is 3.96. The summed E-state index contributed by atoms with van der Waals surface area (Å²) in [4.78, 5) is 4.33. The molecule has 0 bridgehead atoms. The lowest BCUT2D eigenvalue weighted by atomic mass is 10.1. The van der Waals surface area contributed by atoms with Crippen molar-refractivity contribution in [1.29, 1.82) is 0 Å². The minimum atomic E-state index is 0.456. The van der Waals surface area contributed by atoms with E-state index in [9.17, 15) is 0 Å². The molecule has 4 heteroatoms. The summed E-state index contributed by atoms with van der Waals surface area (Å²) in [6.07, 6.45) is 2.63. The molecule has 0 spiro atoms. The fourth-order valence-electron chi connectivity index (χ4n) is 1.82. The van der Waals surface area contributed by atoms with E-state index in [2.05, 4.69) is 4.98 Å². The maximum atomic E-state index is 5.91. The predicted octanol–water partition coefficient (Wildman–Crippen LogP) is 3.39. The Morgan fingerprint density at radius 2 is 1.94 bits per heavy atom. The van der Waals surface area contributed by atoms with E-state index >= 15 is 0 Å². The van der Waals surface area contributed by atoms with Crippen molar-refractivity contribution in [3.8, 4) is 5.88 Å². The van der Waals surface area contributed by atoms with Gasteiger partial charge in [-0.05, 0) is 17.0 Å². The van der Waals surface area contributed by atoms with Crippen molar-refractivity contribution in [2.75, 3.05) is 20.3 Å². The molecule has 0 aliphatic carbocycles. The molecular weight excluding hydrogens is 250 g/mol. The number of pyridine rings is 1. The van der Waals surface area contributed by atoms with Gasteiger partial charge in [-0.2, -0.15) is 0 Å². The fourth-order valence-corrected chi connectivity index (χ4v) is 2.03. The molecule has 18 heavy (non-hydrogen) atoms. The minimum absolute atomic E-state index is 0.456. The van der Waals surface area contributed by atoms with E-state index in [0.29, 0.717) is 25.0 Å². The molecule has 0 N–H and O–H groups in total. The van der Waals surface area contributed by atoms with Gasteiger partial charge in [-0.15, -0.1) is 11.6 Å². The van der Waals surface area contributed by atoms with E-state index in [1.807, 2.05) is 24.3 Å². The lowest BCUT2D eigenvalue weighted by molar-refractivity contribution is 0.171. The summed E-state index contributed by atoms with van der Waals surface area (Å²) >= 11 is 5.91. The van der Waals surface area contributed by atoms with Gasteiger partial charge >= 0.3 is 0 Å². The van der Waals surface area contributed by atoms with Crippen molar-refractivity contribution < 1.29 is 9.47 Å². The van der Waals surface area contributed by atoms with Gasteiger partial charge in [0.05, 0.1) is 6.61 Å². The Morgan fingerprint density at radius 1 is 1.17 bits per heavy atom. The summed E-state index contributed by atoms with van der Waals surface area (Å²) in [6, 6.07) is 8.01. The zero-order chi connectivity index (χ0) is 12.8. The molecular formula is C14H16ClNO2. The molecule has 1 aromatic carbocycles. The Balaban J connectivity index is 2.23. The van der Waals surface area contributed by atoms with Gasteiger partial charge in [0.1, 0.15) is 0 Å². The number of rotatable bonds is 6. The molecule has 96 valence electrons. The number of nitrogens with zero attached hydrogens (tertiary/aromatic N) is 1. The van der Waals surface area contributed by atoms with E-state index < -0.39 is 0 Å². The molecule has 0 fully saturated rings. The number of hydrogen-bond acceptors (Lipinski definition) is 3. The number of benzene rings is 1. The summed E-state index contributed by atoms with van der Waals surface area (Å²) in [5.74, 6) is 1.12. The molecule has 0 saturated carbocycles. The van der Waals surface area contributed by atoms with Gasteiger partial charge in [-0.3, -0.25) is 0 Å². The van der Waals surface area contributed by atoms with Crippen LogP contribution in [0, 0.1) is 0 Å². The number of ether oxygens (including phenoxy) is 2. The molecule has 0 atom stereocenters. The average molecular weight is 266 g/mol. The molecule has 2 aromatic rings. The Bertz CT molecular complexity index is 516. The first-order valence-corrected chi connectivity index (χ1v) is 6.44. The van der Waals surface area contributed by atoms with Crippen LogP contribution in [-0.2, 0) is 10.6 Å². The van der Waals surface area contributed by atoms with Crippen molar-refractivity contribution in [1.82, 2.24) is 4.98 Å². The molecule has 0 amide bonds. The van der Waals surface area contributed by atoms with E-state index in [1.165, 1.54) is 0 Å². The average Bonchev–Trinajstić information content (AvgIpc) is 2.43. The zero-order valence-electron chi connectivity index (χ0n) is 10.4. The Labute approximate surface area is 112 Å². The highest BCUT2D eigenvalue weighted by molar-refractivity contribution is 6.18. The van der Waals surface area contributed by atoms with Gasteiger partial charge in [-0.25, -0.2) is 4.98 Å². The number of halogens is 1. The van der Waals surface area contributed by atoms with Gasteiger partial charge in [0.15, 0.2) is 0 Å². The minimum Gasteiger partial charge on any atom is -0.477 e. The highest BCUT2D eigenvalue weighted by Crippen LogP contribution is 2.26. The standard InChI is InChI=1S/C14H16ClNO2/c1-17-7-4-8-18-14-13-6-3-2-5-12(13)11(9-15)10-16-14/h2-3,5-6,10H,4,7-9H2,1H3. The van der Waals surface area contributed by atoms with E-state index in [-0.39, 0.29) is 0 Å². The lowest BCUT2D eigenvalue weighted by Crippen LogP contribution is -2.03. The zero-order valence-corrected chi connectivity index (χ0v) is 11.1. The lowest BCUT2D eigenvalue weighted by Gasteiger charge is -2.10. The molecule has 2 rings (SSSR count). The van der Waals surface area contributed by atoms with Crippen LogP contribution in [0.15, 0.2) is 30.5 Å². The molecule has 0 radical (unpaired) electrons. The quantitative estimate of drug-likeness (QED) is 0.593. The van der Waals surface area contributed by atoms with Crippen molar-refractivity contribution in [2.24, 2.45) is 0 Å². The summed E-state index contributed by atoms with van der Waals surface area (Å²) in [5.41, 5.74) is 1.02. The first kappa shape index (κ1) is 13.1. The van der Waals surface area contributed by atoms with Crippen LogP contribution in [-0.4, -0.2) is 25.3 Å². The predicted molar refractivity (Wildman–Crippen MR) is 73.3 cm³/mol. The largest absolute Gasteiger partial charge is 0.477 e. The highest BCUT2D eigenvalue weighted by atomic mass is 35.5. The van der Waals surface area contributed by atoms with Crippen LogP contribution in [0.25, 0.3) is 10.8 Å². The van der Waals surface area contributed by atoms with Crippen LogP contribution in [0.3, 0.4) is 0 Å². The number of fused-ring (bicyclic) bond motifs is 1. The van der Waals surface area contributed by atoms with Crippen LogP contribution in [0.5, 0.6) is 5.88 Å². The number of hydrogen-bond donors (Lipinski definition) is 0. The van der Waals surface area contributed by atoms with E-state index in [0.717, 1.165) is 22.8 Å². The third-order valence-corrected chi connectivity index (χ3v) is 3.00. The van der Waals surface area contributed by atoms with Crippen LogP contribution in [0.4, 0.5) is 0 Å². The van der Waals surface area contributed by atoms with Gasteiger partial charge in [0.25, 0.3) is 0 Å². The maximum Gasteiger partial charge on any atom is 0.221 e. The number of aromatic nitrogens is 1. The van der Waals surface area contributed by atoms with Gasteiger partial charge in [0, 0.05) is 37.6 Å². The SMILES string of the molecule is COCCCOc1ncc(CCl)c2ccccc12. The van der Waals surface area contributed by atoms with Crippen molar-refractivity contribution in [2.45, 2.75) is 12.3 Å². The van der Waals surface area contributed by atoms with Gasteiger partial charge in [0.2, 0.25) is 5.88 Å².